The van der Waals surface area contributed by atoms with Crippen LogP contribution >= 0.6 is 0 Å². The van der Waals surface area contributed by atoms with Gasteiger partial charge in [-0.05, 0) is 25.0 Å². The molecule has 1 heterocycles. The van der Waals surface area contributed by atoms with Crippen molar-refractivity contribution in [3.8, 4) is 5.75 Å². The zero-order valence-corrected chi connectivity index (χ0v) is 9.54. The highest BCUT2D eigenvalue weighted by Gasteiger charge is 2.11. The first-order valence-corrected chi connectivity index (χ1v) is 5.48. The van der Waals surface area contributed by atoms with Crippen molar-refractivity contribution in [2.45, 2.75) is 26.7 Å². The summed E-state index contributed by atoms with van der Waals surface area (Å²) in [6.07, 6.45) is 1.86. The molecule has 0 fully saturated rings. The minimum Gasteiger partial charge on any atom is -0.506 e. The van der Waals surface area contributed by atoms with E-state index < -0.39 is 0 Å². The molecule has 2 aromatic rings. The summed E-state index contributed by atoms with van der Waals surface area (Å²) in [6, 6.07) is 5.19. The van der Waals surface area contributed by atoms with Gasteiger partial charge in [-0.2, -0.15) is 0 Å². The molecule has 0 saturated heterocycles. The molecule has 0 aliphatic rings. The van der Waals surface area contributed by atoms with Crippen molar-refractivity contribution >= 4 is 16.6 Å². The van der Waals surface area contributed by atoms with E-state index in [2.05, 4.69) is 11.9 Å². The lowest BCUT2D eigenvalue weighted by Gasteiger charge is -2.11. The number of nitrogens with one attached hydrogen (secondary N) is 1. The van der Waals surface area contributed by atoms with Crippen molar-refractivity contribution < 1.29 is 5.11 Å². The topological polar surface area (TPSA) is 56.9 Å². The fourth-order valence-corrected chi connectivity index (χ4v) is 1.99. The second kappa shape index (κ2) is 4.00. The lowest BCUT2D eigenvalue weighted by molar-refractivity contribution is 0.480. The Kier molecular flexibility index (Phi) is 2.69. The van der Waals surface area contributed by atoms with Crippen LogP contribution in [0.3, 0.4) is 0 Å². The molecular weight excluding hydrogens is 200 g/mol. The fourth-order valence-electron chi connectivity index (χ4n) is 1.99. The Morgan fingerprint density at radius 2 is 2.12 bits per heavy atom. The number of hydrogen-bond acceptors (Lipinski definition) is 2. The molecule has 0 atom stereocenters. The Balaban J connectivity index is 2.78. The first kappa shape index (κ1) is 10.7. The Morgan fingerprint density at radius 3 is 2.81 bits per heavy atom. The summed E-state index contributed by atoms with van der Waals surface area (Å²) in [5, 5.41) is 10.4. The molecule has 0 aliphatic carbocycles. The molecule has 0 bridgehead atoms. The van der Waals surface area contributed by atoms with E-state index in [9.17, 15) is 5.11 Å². The molecule has 1 aromatic heterocycles. The summed E-state index contributed by atoms with van der Waals surface area (Å²) in [5.74, 6) is 0.150. The maximum absolute atomic E-state index is 9.70. The minimum atomic E-state index is 0.150. The van der Waals surface area contributed by atoms with Gasteiger partial charge >= 0.3 is 0 Å². The zero-order chi connectivity index (χ0) is 11.7. The van der Waals surface area contributed by atoms with Crippen LogP contribution in [-0.2, 0) is 6.42 Å². The standard InChI is InChI=1S/C13H15N2O/c1-3-5-9-8(2)15-13-10(12(9)14)6-4-7-11(13)16/h4,6-7,14,16H,3,5H2,1-2H3. The molecule has 0 amide bonds. The van der Waals surface area contributed by atoms with Crippen molar-refractivity contribution in [2.75, 3.05) is 0 Å². The number of phenols is 1. The van der Waals surface area contributed by atoms with E-state index in [1.807, 2.05) is 13.0 Å². The number of hydrogen-bond donors (Lipinski definition) is 1. The van der Waals surface area contributed by atoms with E-state index in [0.29, 0.717) is 11.2 Å². The number of para-hydroxylation sites is 1. The Hall–Kier alpha value is -1.77. The molecule has 0 aliphatic heterocycles. The molecule has 83 valence electrons. The van der Waals surface area contributed by atoms with Crippen molar-refractivity contribution in [2.24, 2.45) is 0 Å². The van der Waals surface area contributed by atoms with Crippen LogP contribution in [0.4, 0.5) is 5.69 Å². The van der Waals surface area contributed by atoms with Gasteiger partial charge < -0.3 is 5.11 Å². The van der Waals surface area contributed by atoms with Crippen molar-refractivity contribution in [3.05, 3.63) is 29.5 Å². The Bertz CT molecular complexity index is 535. The minimum absolute atomic E-state index is 0.150. The van der Waals surface area contributed by atoms with Crippen LogP contribution in [0.2, 0.25) is 0 Å². The number of aromatic hydroxyl groups is 1. The molecule has 3 nitrogen and oxygen atoms in total. The number of phenolic OH excluding ortho intramolecular Hbond substituents is 1. The number of aromatic nitrogens is 1. The van der Waals surface area contributed by atoms with Gasteiger partial charge in [0.05, 0.1) is 5.69 Å². The van der Waals surface area contributed by atoms with Gasteiger partial charge in [0.25, 0.3) is 0 Å². The maximum Gasteiger partial charge on any atom is 0.141 e. The Morgan fingerprint density at radius 1 is 1.38 bits per heavy atom. The average Bonchev–Trinajstić information content (AvgIpc) is 2.26. The number of rotatable bonds is 2. The van der Waals surface area contributed by atoms with Gasteiger partial charge in [-0.1, -0.05) is 25.5 Å². The predicted molar refractivity (Wildman–Crippen MR) is 64.9 cm³/mol. The van der Waals surface area contributed by atoms with Crippen LogP contribution in [0.1, 0.15) is 24.6 Å². The molecule has 0 spiro atoms. The number of fused-ring (bicyclic) bond motifs is 1. The van der Waals surface area contributed by atoms with Crippen LogP contribution < -0.4 is 5.73 Å². The highest BCUT2D eigenvalue weighted by molar-refractivity contribution is 5.94. The average molecular weight is 215 g/mol. The summed E-state index contributed by atoms with van der Waals surface area (Å²) >= 11 is 0. The van der Waals surface area contributed by atoms with Gasteiger partial charge in [0, 0.05) is 11.1 Å². The highest BCUT2D eigenvalue weighted by Crippen LogP contribution is 2.32. The normalized spacial score (nSPS) is 10.9. The fraction of sp³-hybridized carbons (Fsp3) is 0.308. The van der Waals surface area contributed by atoms with Gasteiger partial charge in [0.15, 0.2) is 0 Å². The molecular formula is C13H15N2O. The van der Waals surface area contributed by atoms with Crippen LogP contribution in [0.15, 0.2) is 18.2 Å². The molecule has 16 heavy (non-hydrogen) atoms. The third-order valence-electron chi connectivity index (χ3n) is 2.80. The molecule has 0 saturated carbocycles. The first-order chi connectivity index (χ1) is 7.65. The van der Waals surface area contributed by atoms with E-state index in [0.717, 1.165) is 29.5 Å². The lowest BCUT2D eigenvalue weighted by atomic mass is 10.0. The molecule has 3 heteroatoms. The lowest BCUT2D eigenvalue weighted by Crippen LogP contribution is -1.96. The third-order valence-corrected chi connectivity index (χ3v) is 2.80. The SMILES string of the molecule is CCCc1c(C)nc2c(O)cccc2c1[NH]. The van der Waals surface area contributed by atoms with Gasteiger partial charge in [-0.15, -0.1) is 0 Å². The second-order valence-electron chi connectivity index (χ2n) is 3.97. The number of aryl methyl sites for hydroxylation is 1. The van der Waals surface area contributed by atoms with Crippen LogP contribution in [0.25, 0.3) is 10.9 Å². The van der Waals surface area contributed by atoms with Crippen LogP contribution in [0.5, 0.6) is 5.75 Å². The van der Waals surface area contributed by atoms with Crippen LogP contribution in [-0.4, -0.2) is 10.1 Å². The smallest absolute Gasteiger partial charge is 0.141 e. The third kappa shape index (κ3) is 1.58. The largest absolute Gasteiger partial charge is 0.506 e. The van der Waals surface area contributed by atoms with Gasteiger partial charge in [-0.25, -0.2) is 4.98 Å². The second-order valence-corrected chi connectivity index (χ2v) is 3.97. The first-order valence-electron chi connectivity index (χ1n) is 5.48. The van der Waals surface area contributed by atoms with Gasteiger partial charge in [0.2, 0.25) is 0 Å². The van der Waals surface area contributed by atoms with Gasteiger partial charge in [0.1, 0.15) is 11.3 Å². The number of benzene rings is 1. The van der Waals surface area contributed by atoms with E-state index in [4.69, 9.17) is 5.73 Å². The molecule has 0 unspecified atom stereocenters. The van der Waals surface area contributed by atoms with E-state index >= 15 is 0 Å². The Labute approximate surface area is 94.9 Å². The van der Waals surface area contributed by atoms with Gasteiger partial charge in [-0.3, -0.25) is 5.73 Å². The molecule has 1 aromatic carbocycles. The molecule has 1 radical (unpaired) electrons. The highest BCUT2D eigenvalue weighted by atomic mass is 16.3. The monoisotopic (exact) mass is 215 g/mol. The summed E-state index contributed by atoms with van der Waals surface area (Å²) in [7, 11) is 0. The summed E-state index contributed by atoms with van der Waals surface area (Å²) in [5.41, 5.74) is 11.0. The molecule has 2 N–H and O–H groups in total. The molecule has 2 rings (SSSR count). The quantitative estimate of drug-likeness (QED) is 0.836. The van der Waals surface area contributed by atoms with Crippen molar-refractivity contribution in [3.63, 3.8) is 0 Å². The van der Waals surface area contributed by atoms with E-state index in [1.165, 1.54) is 0 Å². The summed E-state index contributed by atoms with van der Waals surface area (Å²) < 4.78 is 0. The number of nitrogens with zero attached hydrogens (tertiary/aromatic N) is 1. The van der Waals surface area contributed by atoms with E-state index in [-0.39, 0.29) is 5.75 Å². The van der Waals surface area contributed by atoms with Crippen molar-refractivity contribution in [1.82, 2.24) is 10.7 Å². The van der Waals surface area contributed by atoms with Crippen molar-refractivity contribution in [1.29, 1.82) is 0 Å². The van der Waals surface area contributed by atoms with Crippen LogP contribution in [0, 0.1) is 6.92 Å². The van der Waals surface area contributed by atoms with E-state index in [1.54, 1.807) is 12.1 Å². The summed E-state index contributed by atoms with van der Waals surface area (Å²) in [4.78, 5) is 4.38. The predicted octanol–water partition coefficient (Wildman–Crippen LogP) is 3.12. The summed E-state index contributed by atoms with van der Waals surface area (Å²) in [6.45, 7) is 3.99. The number of pyridine rings is 1. The zero-order valence-electron chi connectivity index (χ0n) is 9.54. The maximum atomic E-state index is 9.70.